The third-order valence-electron chi connectivity index (χ3n) is 4.23. The maximum Gasteiger partial charge on any atom is 0.213 e. The van der Waals surface area contributed by atoms with Crippen LogP contribution >= 0.6 is 0 Å². The van der Waals surface area contributed by atoms with Crippen LogP contribution in [-0.2, 0) is 16.6 Å². The summed E-state index contributed by atoms with van der Waals surface area (Å²) in [7, 11) is -3.07. The van der Waals surface area contributed by atoms with Gasteiger partial charge < -0.3 is 5.73 Å². The van der Waals surface area contributed by atoms with E-state index in [-0.39, 0.29) is 11.8 Å². The minimum absolute atomic E-state index is 0.177. The summed E-state index contributed by atoms with van der Waals surface area (Å²) in [4.78, 5) is 2.33. The molecule has 21 heavy (non-hydrogen) atoms. The number of nitrogen functional groups attached to an aromatic ring is 1. The monoisotopic (exact) mass is 311 g/mol. The minimum Gasteiger partial charge on any atom is -0.399 e. The summed E-state index contributed by atoms with van der Waals surface area (Å²) < 4.78 is 25.5. The van der Waals surface area contributed by atoms with Crippen LogP contribution in [0.1, 0.15) is 25.0 Å². The molecule has 1 saturated heterocycles. The predicted octanol–water partition coefficient (Wildman–Crippen LogP) is 1.43. The van der Waals surface area contributed by atoms with Crippen molar-refractivity contribution < 1.29 is 8.42 Å². The molecule has 5 nitrogen and oxygen atoms in total. The highest BCUT2D eigenvalue weighted by atomic mass is 32.2. The van der Waals surface area contributed by atoms with E-state index in [4.69, 9.17) is 5.73 Å². The van der Waals surface area contributed by atoms with E-state index in [1.54, 1.807) is 11.2 Å². The quantitative estimate of drug-likeness (QED) is 0.854. The van der Waals surface area contributed by atoms with Crippen LogP contribution in [0.4, 0.5) is 5.69 Å². The fraction of sp³-hybridized carbons (Fsp3) is 0.600. The first-order valence-corrected chi connectivity index (χ1v) is 9.01. The number of nitrogens with two attached hydrogens (primary N) is 1. The number of piperazine rings is 1. The highest BCUT2D eigenvalue weighted by molar-refractivity contribution is 7.89. The Balaban J connectivity index is 2.04. The van der Waals surface area contributed by atoms with Crippen molar-refractivity contribution in [3.8, 4) is 0 Å². The summed E-state index contributed by atoms with van der Waals surface area (Å²) in [6.07, 6.45) is 0. The lowest BCUT2D eigenvalue weighted by Gasteiger charge is -2.39. The maximum absolute atomic E-state index is 12.0. The number of rotatable bonds is 4. The smallest absolute Gasteiger partial charge is 0.213 e. The summed E-state index contributed by atoms with van der Waals surface area (Å²) in [5.74, 6) is 0.177. The largest absolute Gasteiger partial charge is 0.399 e. The molecule has 6 heteroatoms. The minimum atomic E-state index is -3.07. The van der Waals surface area contributed by atoms with E-state index in [0.29, 0.717) is 13.1 Å². The normalized spacial score (nSPS) is 21.6. The molecule has 0 aliphatic carbocycles. The molecule has 118 valence electrons. The molecule has 2 rings (SSSR count). The van der Waals surface area contributed by atoms with Gasteiger partial charge in [-0.1, -0.05) is 6.07 Å². The molecule has 0 bridgehead atoms. The van der Waals surface area contributed by atoms with Crippen LogP contribution in [0, 0.1) is 6.92 Å². The van der Waals surface area contributed by atoms with Crippen LogP contribution in [-0.4, -0.2) is 49.1 Å². The zero-order valence-corrected chi connectivity index (χ0v) is 13.9. The van der Waals surface area contributed by atoms with Crippen molar-refractivity contribution in [2.24, 2.45) is 0 Å². The van der Waals surface area contributed by atoms with Crippen LogP contribution in [0.3, 0.4) is 0 Å². The second-order valence-corrected chi connectivity index (χ2v) is 8.02. The lowest BCUT2D eigenvalue weighted by molar-refractivity contribution is 0.122. The van der Waals surface area contributed by atoms with E-state index in [1.165, 1.54) is 11.1 Å². The third-order valence-corrected chi connectivity index (χ3v) is 6.07. The van der Waals surface area contributed by atoms with Gasteiger partial charge in [-0.15, -0.1) is 0 Å². The standard InChI is InChI=1S/C15H25N3O2S/c1-4-21(19,20)18-8-7-17(13(3)10-18)11-14-5-6-15(16)9-12(14)2/h5-6,9,13H,4,7-8,10-11,16H2,1-3H3/t13-/m1/s1. The van der Waals surface area contributed by atoms with Gasteiger partial charge in [0.2, 0.25) is 10.0 Å². The van der Waals surface area contributed by atoms with E-state index in [9.17, 15) is 8.42 Å². The number of sulfonamides is 1. The SMILES string of the molecule is CCS(=O)(=O)N1CCN(Cc2ccc(N)cc2C)[C@H](C)C1. The van der Waals surface area contributed by atoms with Crippen molar-refractivity contribution in [2.45, 2.75) is 33.4 Å². The number of benzene rings is 1. The molecule has 0 saturated carbocycles. The van der Waals surface area contributed by atoms with Gasteiger partial charge in [0, 0.05) is 37.9 Å². The highest BCUT2D eigenvalue weighted by Crippen LogP contribution is 2.19. The van der Waals surface area contributed by atoms with Gasteiger partial charge in [-0.05, 0) is 44.0 Å². The second-order valence-electron chi connectivity index (χ2n) is 5.76. The fourth-order valence-electron chi connectivity index (χ4n) is 2.75. The lowest BCUT2D eigenvalue weighted by Crippen LogP contribution is -2.53. The number of nitrogens with zero attached hydrogens (tertiary/aromatic N) is 2. The van der Waals surface area contributed by atoms with Crippen LogP contribution in [0.5, 0.6) is 0 Å². The van der Waals surface area contributed by atoms with Gasteiger partial charge in [-0.2, -0.15) is 4.31 Å². The molecular weight excluding hydrogens is 286 g/mol. The predicted molar refractivity (Wildman–Crippen MR) is 86.5 cm³/mol. The maximum atomic E-state index is 12.0. The molecule has 0 spiro atoms. The van der Waals surface area contributed by atoms with Gasteiger partial charge in [0.05, 0.1) is 5.75 Å². The number of hydrogen-bond acceptors (Lipinski definition) is 4. The van der Waals surface area contributed by atoms with Crippen molar-refractivity contribution in [3.05, 3.63) is 29.3 Å². The molecule has 1 aliphatic heterocycles. The molecular formula is C15H25N3O2S. The van der Waals surface area contributed by atoms with E-state index in [1.807, 2.05) is 12.1 Å². The Morgan fingerprint density at radius 3 is 2.62 bits per heavy atom. The zero-order chi connectivity index (χ0) is 15.6. The average Bonchev–Trinajstić information content (AvgIpc) is 2.43. The molecule has 0 radical (unpaired) electrons. The Hall–Kier alpha value is -1.11. The molecule has 1 aromatic carbocycles. The summed E-state index contributed by atoms with van der Waals surface area (Å²) >= 11 is 0. The van der Waals surface area contributed by atoms with Crippen LogP contribution in [0.2, 0.25) is 0 Å². The summed E-state index contributed by atoms with van der Waals surface area (Å²) in [5, 5.41) is 0. The number of hydrogen-bond donors (Lipinski definition) is 1. The first kappa shape index (κ1) is 16.3. The van der Waals surface area contributed by atoms with Crippen molar-refractivity contribution in [2.75, 3.05) is 31.1 Å². The Morgan fingerprint density at radius 2 is 2.05 bits per heavy atom. The Labute approximate surface area is 127 Å². The van der Waals surface area contributed by atoms with Crippen molar-refractivity contribution in [1.82, 2.24) is 9.21 Å². The Morgan fingerprint density at radius 1 is 1.33 bits per heavy atom. The summed E-state index contributed by atoms with van der Waals surface area (Å²) in [6, 6.07) is 6.19. The van der Waals surface area contributed by atoms with Crippen LogP contribution in [0.25, 0.3) is 0 Å². The molecule has 1 atom stereocenters. The van der Waals surface area contributed by atoms with Gasteiger partial charge in [0.25, 0.3) is 0 Å². The first-order chi connectivity index (χ1) is 9.83. The van der Waals surface area contributed by atoms with Crippen molar-refractivity contribution in [3.63, 3.8) is 0 Å². The van der Waals surface area contributed by atoms with E-state index in [0.717, 1.165) is 18.8 Å². The molecule has 2 N–H and O–H groups in total. The fourth-order valence-corrected chi connectivity index (χ4v) is 3.92. The van der Waals surface area contributed by atoms with Gasteiger partial charge in [0.15, 0.2) is 0 Å². The topological polar surface area (TPSA) is 66.6 Å². The molecule has 0 aromatic heterocycles. The van der Waals surface area contributed by atoms with Gasteiger partial charge in [-0.25, -0.2) is 8.42 Å². The second kappa shape index (κ2) is 6.34. The van der Waals surface area contributed by atoms with Gasteiger partial charge in [0.1, 0.15) is 0 Å². The molecule has 0 amide bonds. The van der Waals surface area contributed by atoms with Crippen molar-refractivity contribution in [1.29, 1.82) is 0 Å². The van der Waals surface area contributed by atoms with E-state index >= 15 is 0 Å². The van der Waals surface area contributed by atoms with Crippen molar-refractivity contribution >= 4 is 15.7 Å². The van der Waals surface area contributed by atoms with Crippen LogP contribution in [0.15, 0.2) is 18.2 Å². The van der Waals surface area contributed by atoms with Crippen LogP contribution < -0.4 is 5.73 Å². The molecule has 1 aromatic rings. The molecule has 1 fully saturated rings. The molecule has 1 heterocycles. The summed E-state index contributed by atoms with van der Waals surface area (Å²) in [6.45, 7) is 8.61. The van der Waals surface area contributed by atoms with E-state index < -0.39 is 10.0 Å². The highest BCUT2D eigenvalue weighted by Gasteiger charge is 2.30. The van der Waals surface area contributed by atoms with E-state index in [2.05, 4.69) is 24.8 Å². The van der Waals surface area contributed by atoms with Gasteiger partial charge in [-0.3, -0.25) is 4.90 Å². The average molecular weight is 311 g/mol. The zero-order valence-electron chi connectivity index (χ0n) is 13.0. The molecule has 0 unspecified atom stereocenters. The first-order valence-electron chi connectivity index (χ1n) is 7.40. The third kappa shape index (κ3) is 3.75. The Bertz CT molecular complexity index is 601. The number of aryl methyl sites for hydroxylation is 1. The van der Waals surface area contributed by atoms with Gasteiger partial charge >= 0.3 is 0 Å². The summed E-state index contributed by atoms with van der Waals surface area (Å²) in [5.41, 5.74) is 9.00. The number of anilines is 1. The lowest BCUT2D eigenvalue weighted by atomic mass is 10.1. The molecule has 1 aliphatic rings. The Kier molecular flexibility index (Phi) is 4.91.